The van der Waals surface area contributed by atoms with Crippen molar-refractivity contribution in [2.75, 3.05) is 34.7 Å². The van der Waals surface area contributed by atoms with Crippen LogP contribution >= 0.6 is 58.0 Å². The van der Waals surface area contributed by atoms with E-state index in [1.807, 2.05) is 66.2 Å². The smallest absolute Gasteiger partial charge is 0.262 e. The molecule has 10 aromatic carbocycles. The van der Waals surface area contributed by atoms with E-state index in [0.717, 1.165) is 121 Å². The van der Waals surface area contributed by atoms with Gasteiger partial charge in [-0.3, -0.25) is 70.7 Å². The van der Waals surface area contributed by atoms with Crippen LogP contribution in [-0.4, -0.2) is 125 Å². The topological polar surface area (TPSA) is 278 Å². The van der Waals surface area contributed by atoms with Gasteiger partial charge in [0, 0.05) is 133 Å². The highest BCUT2D eigenvalue weighted by molar-refractivity contribution is 7.89. The third kappa shape index (κ3) is 21.6. The average Bonchev–Trinajstić information content (AvgIpc) is 1.60. The van der Waals surface area contributed by atoms with Crippen molar-refractivity contribution in [1.29, 1.82) is 0 Å². The third-order valence-corrected chi connectivity index (χ3v) is 27.2. The third-order valence-electron chi connectivity index (χ3n) is 25.3. The molecule has 29 heteroatoms. The molecule has 3 atom stereocenters. The number of aromatic nitrogens is 5. The number of sulfonamides is 1. The lowest BCUT2D eigenvalue weighted by Gasteiger charge is -2.22. The second-order valence-corrected chi connectivity index (χ2v) is 38.0. The number of benzene rings is 10. The molecule has 5 heterocycles. The fraction of sp³-hybridized carbons (Fsp3) is 0.252. The number of fused-ring (bicyclic) bond motifs is 11. The summed E-state index contributed by atoms with van der Waals surface area (Å²) in [6.07, 6.45) is 8.75. The molecule has 0 saturated carbocycles. The Morgan fingerprint density at radius 1 is 0.382 bits per heavy atom. The fourth-order valence-electron chi connectivity index (χ4n) is 18.3. The number of hydrogen-bond acceptors (Lipinski definition) is 16. The van der Waals surface area contributed by atoms with Crippen LogP contribution in [0.15, 0.2) is 212 Å². The zero-order chi connectivity index (χ0) is 97.6. The number of nitrogens with one attached hydrogen (secondary N) is 1. The first-order valence-electron chi connectivity index (χ1n) is 44.1. The lowest BCUT2D eigenvalue weighted by atomic mass is 9.84. The van der Waals surface area contributed by atoms with Gasteiger partial charge >= 0.3 is 0 Å². The van der Waals surface area contributed by atoms with Crippen molar-refractivity contribution in [1.82, 2.24) is 27.6 Å². The molecule has 1 N–H and O–H groups in total. The number of ketones is 4. The molecule has 0 bridgehead atoms. The standard InChI is InChI=1S/2C22H20ClNO3.C22H22ClNO3.C21H17ClFNO2.C20H19ClN2O5S/c1-13(25)15-5-9-20-18(11-15)19-12-17(27-2)8-10-21(19)24(20)22(26)14-3-6-16(23)7-4-14;1-13(25)15-5-9-18-19-12-17(27-2)8-10-20(19)24(21(18)11-15)22(26)14-3-6-16(23)7-4-14;1-14(25)5-4-6-20-15(2)19-13-18(27-3)11-12-21(19)24(20)22(26)16-7-9-17(23)10-8-16;1-12(25)14-4-8-19-17(10-14)18-11-16(23)7-9-20(18)24(19)21(26)13-2-5-15(22)6-3-13;1-12-16(11-19(24)22-29(3,26)27)17-10-15(28-2)8-9-18(17)23(12)20(25)13-4-6-14(21)7-5-13/h2*3-4,6-8,10,12,15H,5,9,11H2,1-2H3;7-13H,4-6H2,1-3H3;2-3,5-7,9,11,14H,4,8,10H2,1H3;4-10H,11H2,1-3H3,(H,22,24). The van der Waals surface area contributed by atoms with Crippen molar-refractivity contribution in [3.05, 3.63) is 327 Å². The predicted molar refractivity (Wildman–Crippen MR) is 530 cm³/mol. The maximum atomic E-state index is 13.9. The Morgan fingerprint density at radius 3 is 1.07 bits per heavy atom. The molecular formula is C107H98Cl5FN6O16S. The number of amides is 1. The number of hydrogen-bond donors (Lipinski definition) is 1. The summed E-state index contributed by atoms with van der Waals surface area (Å²) < 4.78 is 68.4. The largest absolute Gasteiger partial charge is 0.497 e. The highest BCUT2D eigenvalue weighted by atomic mass is 35.5. The Hall–Kier alpha value is -13.1. The van der Waals surface area contributed by atoms with E-state index >= 15 is 0 Å². The number of halogens is 6. The minimum absolute atomic E-state index is 0.00776. The molecule has 0 aliphatic heterocycles. The Balaban J connectivity index is 0.000000136. The summed E-state index contributed by atoms with van der Waals surface area (Å²) in [7, 11) is 2.71. The molecule has 700 valence electrons. The van der Waals surface area contributed by atoms with E-state index < -0.39 is 15.9 Å². The lowest BCUT2D eigenvalue weighted by molar-refractivity contribution is -0.121. The number of nitrogens with zero attached hydrogens (tertiary/aromatic N) is 5. The van der Waals surface area contributed by atoms with Gasteiger partial charge in [-0.1, -0.05) is 58.0 Å². The van der Waals surface area contributed by atoms with Gasteiger partial charge in [-0.2, -0.15) is 0 Å². The molecular weight excluding hydrogens is 1850 g/mol. The minimum Gasteiger partial charge on any atom is -0.497 e. The van der Waals surface area contributed by atoms with Gasteiger partial charge in [0.25, 0.3) is 29.5 Å². The van der Waals surface area contributed by atoms with Crippen LogP contribution in [0.3, 0.4) is 0 Å². The summed E-state index contributed by atoms with van der Waals surface area (Å²) in [5.41, 5.74) is 15.5. The van der Waals surface area contributed by atoms with E-state index in [-0.39, 0.29) is 82.7 Å². The Labute approximate surface area is 810 Å². The van der Waals surface area contributed by atoms with Crippen LogP contribution in [0, 0.1) is 37.4 Å². The van der Waals surface area contributed by atoms with Gasteiger partial charge in [-0.15, -0.1) is 0 Å². The summed E-state index contributed by atoms with van der Waals surface area (Å²) in [6, 6.07) is 60.8. The maximum Gasteiger partial charge on any atom is 0.262 e. The van der Waals surface area contributed by atoms with E-state index in [9.17, 15) is 60.8 Å². The molecule has 18 rings (SSSR count). The molecule has 0 saturated heterocycles. The number of aryl methyl sites for hydroxylation is 2. The van der Waals surface area contributed by atoms with Crippen LogP contribution in [0.1, 0.15) is 168 Å². The van der Waals surface area contributed by atoms with E-state index in [1.165, 1.54) is 23.8 Å². The van der Waals surface area contributed by atoms with Crippen molar-refractivity contribution >= 4 is 181 Å². The van der Waals surface area contributed by atoms with Gasteiger partial charge in [-0.05, 0) is 352 Å². The molecule has 0 spiro atoms. The number of rotatable bonds is 19. The average molecular weight is 1950 g/mol. The normalized spacial score (nSPS) is 14.2. The lowest BCUT2D eigenvalue weighted by Crippen LogP contribution is -2.30. The highest BCUT2D eigenvalue weighted by Crippen LogP contribution is 2.42. The van der Waals surface area contributed by atoms with Crippen molar-refractivity contribution in [3.8, 4) is 23.0 Å². The molecule has 3 aliphatic rings. The van der Waals surface area contributed by atoms with Crippen molar-refractivity contribution < 1.29 is 79.7 Å². The van der Waals surface area contributed by atoms with Gasteiger partial charge < -0.3 is 23.7 Å². The van der Waals surface area contributed by atoms with Gasteiger partial charge in [-0.25, -0.2) is 12.8 Å². The number of carbonyl (C=O) groups excluding carboxylic acids is 10. The van der Waals surface area contributed by atoms with Gasteiger partial charge in [0.1, 0.15) is 51.9 Å². The summed E-state index contributed by atoms with van der Waals surface area (Å²) in [5, 5.41) is 7.19. The van der Waals surface area contributed by atoms with Crippen LogP contribution in [-0.2, 0) is 85.4 Å². The molecule has 22 nitrogen and oxygen atoms in total. The Morgan fingerprint density at radius 2 is 0.699 bits per heavy atom. The molecule has 136 heavy (non-hydrogen) atoms. The van der Waals surface area contributed by atoms with E-state index in [4.69, 9.17) is 77.0 Å². The van der Waals surface area contributed by atoms with Crippen molar-refractivity contribution in [2.45, 2.75) is 125 Å². The number of methoxy groups -OCH3 is 4. The number of carbonyl (C=O) groups is 10. The van der Waals surface area contributed by atoms with Gasteiger partial charge in [0.05, 0.1) is 68.7 Å². The predicted octanol–water partition coefficient (Wildman–Crippen LogP) is 22.3. The van der Waals surface area contributed by atoms with Gasteiger partial charge in [0.2, 0.25) is 15.9 Å². The van der Waals surface area contributed by atoms with Crippen LogP contribution < -0.4 is 23.7 Å². The van der Waals surface area contributed by atoms with Crippen LogP contribution in [0.25, 0.3) is 54.5 Å². The van der Waals surface area contributed by atoms with E-state index in [0.29, 0.717) is 150 Å². The molecule has 0 radical (unpaired) electrons. The zero-order valence-electron chi connectivity index (χ0n) is 76.6. The molecule has 5 aromatic heterocycles. The summed E-state index contributed by atoms with van der Waals surface area (Å²) in [5.74, 6) is 1.59. The first-order valence-corrected chi connectivity index (χ1v) is 47.9. The van der Waals surface area contributed by atoms with Crippen LogP contribution in [0.2, 0.25) is 25.1 Å². The fourth-order valence-corrected chi connectivity index (χ4v) is 19.4. The Bertz CT molecular complexity index is 7370. The molecule has 3 aliphatic carbocycles. The molecule has 1 amide bonds. The first-order chi connectivity index (χ1) is 65.0. The Kier molecular flexibility index (Phi) is 30.9. The zero-order valence-corrected chi connectivity index (χ0v) is 81.2. The molecule has 15 aromatic rings. The first kappa shape index (κ1) is 98.9. The monoisotopic (exact) mass is 1950 g/mol. The van der Waals surface area contributed by atoms with E-state index in [1.54, 1.807) is 220 Å². The number of Topliss-reactive ketones (excluding diaryl/α,β-unsaturated/α-hetero) is 4. The SMILES string of the molecule is CC(=O)C1CCc2c(c3cc(F)ccc3n2C(=O)c2ccc(Cl)cc2)C1.COc1ccc2c(c1)c(C)c(CCCC(C)=O)n2C(=O)c1ccc(Cl)cc1.COc1ccc2c(c1)c(CC(=O)NS(C)(=O)=O)c(C)n2C(=O)c1ccc(Cl)cc1.COc1ccc2c(c1)c1c(n2C(=O)c2ccc(Cl)cc2)CC(C(C)=O)CC1.COc1ccc2c(c1)c1c(n2C(=O)c2ccc(Cl)cc2)CCC(C(C)=O)C1. The maximum absolute atomic E-state index is 13.9. The number of ether oxygens (including phenoxy) is 4. The van der Waals surface area contributed by atoms with Crippen molar-refractivity contribution in [3.63, 3.8) is 0 Å². The molecule has 0 fully saturated rings. The minimum atomic E-state index is -3.69. The van der Waals surface area contributed by atoms with Crippen LogP contribution in [0.4, 0.5) is 4.39 Å². The summed E-state index contributed by atoms with van der Waals surface area (Å²) in [4.78, 5) is 126. The van der Waals surface area contributed by atoms with E-state index in [2.05, 4.69) is 0 Å². The summed E-state index contributed by atoms with van der Waals surface area (Å²) in [6.45, 7) is 10.2. The van der Waals surface area contributed by atoms with Crippen molar-refractivity contribution in [2.24, 2.45) is 17.8 Å². The highest BCUT2D eigenvalue weighted by Gasteiger charge is 2.35. The summed E-state index contributed by atoms with van der Waals surface area (Å²) >= 11 is 29.7. The quantitative estimate of drug-likeness (QED) is 0.0787. The second kappa shape index (κ2) is 42.5. The molecule has 3 unspecified atom stereocenters. The second-order valence-electron chi connectivity index (χ2n) is 34.0. The van der Waals surface area contributed by atoms with Crippen LogP contribution in [0.5, 0.6) is 23.0 Å². The van der Waals surface area contributed by atoms with Gasteiger partial charge in [0.15, 0.2) is 0 Å².